The van der Waals surface area contributed by atoms with E-state index < -0.39 is 11.9 Å². The van der Waals surface area contributed by atoms with Crippen molar-refractivity contribution < 1.29 is 14.0 Å². The molecular formula is C13H15ClFN3O2. The van der Waals surface area contributed by atoms with Gasteiger partial charge in [0.25, 0.3) is 5.91 Å². The average Bonchev–Trinajstić information content (AvgIpc) is 2.47. The van der Waals surface area contributed by atoms with Crippen LogP contribution in [-0.4, -0.2) is 46.7 Å². The van der Waals surface area contributed by atoms with Crippen molar-refractivity contribution in [2.45, 2.75) is 18.9 Å². The molecule has 20 heavy (non-hydrogen) atoms. The highest BCUT2D eigenvalue weighted by Crippen LogP contribution is 2.15. The zero-order valence-electron chi connectivity index (χ0n) is 10.8. The molecular weight excluding hydrogens is 285 g/mol. The molecule has 1 aliphatic heterocycles. The topological polar surface area (TPSA) is 62.3 Å². The van der Waals surface area contributed by atoms with E-state index in [1.54, 1.807) is 0 Å². The number of hydrogen-bond acceptors (Lipinski definition) is 3. The number of nitrogens with one attached hydrogen (secondary N) is 1. The van der Waals surface area contributed by atoms with Gasteiger partial charge in [-0.25, -0.2) is 4.98 Å². The van der Waals surface area contributed by atoms with E-state index in [4.69, 9.17) is 11.6 Å². The number of rotatable bonds is 3. The summed E-state index contributed by atoms with van der Waals surface area (Å²) in [6, 6.07) is 2.79. The molecule has 1 fully saturated rings. The fourth-order valence-corrected chi connectivity index (χ4v) is 2.34. The molecule has 1 saturated heterocycles. The predicted molar refractivity (Wildman–Crippen MR) is 72.0 cm³/mol. The maximum Gasteiger partial charge on any atom is 0.258 e. The Bertz CT molecular complexity index is 512. The van der Waals surface area contributed by atoms with Crippen LogP contribution < -0.4 is 5.32 Å². The molecule has 2 rings (SSSR count). The Morgan fingerprint density at radius 2 is 2.35 bits per heavy atom. The summed E-state index contributed by atoms with van der Waals surface area (Å²) < 4.78 is 13.5. The molecule has 2 amide bonds. The molecule has 2 heterocycles. The maximum atomic E-state index is 13.5. The van der Waals surface area contributed by atoms with E-state index in [0.29, 0.717) is 13.1 Å². The summed E-state index contributed by atoms with van der Waals surface area (Å²) in [6.45, 7) is 0.899. The van der Waals surface area contributed by atoms with Gasteiger partial charge in [-0.15, -0.1) is 11.6 Å². The zero-order chi connectivity index (χ0) is 14.5. The number of alkyl halides is 1. The fourth-order valence-electron chi connectivity index (χ4n) is 2.26. The summed E-state index contributed by atoms with van der Waals surface area (Å²) in [6.07, 6.45) is 2.83. The monoisotopic (exact) mass is 299 g/mol. The number of nitrogens with zero attached hydrogens (tertiary/aromatic N) is 2. The lowest BCUT2D eigenvalue weighted by Gasteiger charge is -2.33. The standard InChI is InChI=1S/C13H15ClFN3O2/c14-7-11(19)17-9-3-2-6-18(8-9)13(20)10-4-1-5-16-12(10)15/h1,4-5,9H,2-3,6-8H2,(H,17,19). The molecule has 5 nitrogen and oxygen atoms in total. The third-order valence-corrected chi connectivity index (χ3v) is 3.43. The third kappa shape index (κ3) is 3.45. The Morgan fingerprint density at radius 3 is 3.05 bits per heavy atom. The minimum Gasteiger partial charge on any atom is -0.351 e. The molecule has 0 spiro atoms. The van der Waals surface area contributed by atoms with Crippen LogP contribution in [0.4, 0.5) is 4.39 Å². The largest absolute Gasteiger partial charge is 0.351 e. The molecule has 1 aromatic rings. The van der Waals surface area contributed by atoms with Crippen molar-refractivity contribution >= 4 is 23.4 Å². The van der Waals surface area contributed by atoms with Crippen molar-refractivity contribution in [2.24, 2.45) is 0 Å². The van der Waals surface area contributed by atoms with Gasteiger partial charge in [-0.05, 0) is 25.0 Å². The van der Waals surface area contributed by atoms with Crippen LogP contribution in [0.15, 0.2) is 18.3 Å². The Kier molecular flexibility index (Phi) is 4.89. The summed E-state index contributed by atoms with van der Waals surface area (Å²) >= 11 is 5.44. The highest BCUT2D eigenvalue weighted by atomic mass is 35.5. The molecule has 1 aromatic heterocycles. The lowest BCUT2D eigenvalue weighted by molar-refractivity contribution is -0.119. The van der Waals surface area contributed by atoms with Crippen molar-refractivity contribution in [1.29, 1.82) is 0 Å². The number of amides is 2. The van der Waals surface area contributed by atoms with E-state index in [-0.39, 0.29) is 23.4 Å². The van der Waals surface area contributed by atoms with Gasteiger partial charge in [-0.1, -0.05) is 0 Å². The van der Waals surface area contributed by atoms with Crippen LogP contribution in [0.2, 0.25) is 0 Å². The number of likely N-dealkylation sites (tertiary alicyclic amines) is 1. The fraction of sp³-hybridized carbons (Fsp3) is 0.462. The van der Waals surface area contributed by atoms with Crippen molar-refractivity contribution in [2.75, 3.05) is 19.0 Å². The van der Waals surface area contributed by atoms with Crippen molar-refractivity contribution in [3.8, 4) is 0 Å². The first-order chi connectivity index (χ1) is 9.61. The smallest absolute Gasteiger partial charge is 0.258 e. The highest BCUT2D eigenvalue weighted by molar-refractivity contribution is 6.27. The van der Waals surface area contributed by atoms with Crippen molar-refractivity contribution in [3.63, 3.8) is 0 Å². The van der Waals surface area contributed by atoms with Gasteiger partial charge in [0.1, 0.15) is 5.88 Å². The molecule has 1 atom stereocenters. The first kappa shape index (κ1) is 14.7. The van der Waals surface area contributed by atoms with Gasteiger partial charge in [0.05, 0.1) is 5.56 Å². The summed E-state index contributed by atoms with van der Waals surface area (Å²) in [5, 5.41) is 2.75. The molecule has 1 aliphatic rings. The molecule has 7 heteroatoms. The number of pyridine rings is 1. The molecule has 0 radical (unpaired) electrons. The average molecular weight is 300 g/mol. The number of aromatic nitrogens is 1. The van der Waals surface area contributed by atoms with E-state index in [1.807, 2.05) is 0 Å². The van der Waals surface area contributed by atoms with Gasteiger partial charge in [0.15, 0.2) is 0 Å². The molecule has 0 saturated carbocycles. The Morgan fingerprint density at radius 1 is 1.55 bits per heavy atom. The molecule has 0 aliphatic carbocycles. The molecule has 0 bridgehead atoms. The van der Waals surface area contributed by atoms with Gasteiger partial charge < -0.3 is 10.2 Å². The number of carbonyl (C=O) groups is 2. The van der Waals surface area contributed by atoms with E-state index in [1.165, 1.54) is 23.2 Å². The van der Waals surface area contributed by atoms with Crippen LogP contribution in [0.3, 0.4) is 0 Å². The zero-order valence-corrected chi connectivity index (χ0v) is 11.6. The van der Waals surface area contributed by atoms with Crippen molar-refractivity contribution in [1.82, 2.24) is 15.2 Å². The van der Waals surface area contributed by atoms with Crippen LogP contribution >= 0.6 is 11.6 Å². The number of hydrogen-bond donors (Lipinski definition) is 1. The molecule has 108 valence electrons. The summed E-state index contributed by atoms with van der Waals surface area (Å²) in [5.41, 5.74) is -0.0446. The van der Waals surface area contributed by atoms with Crippen LogP contribution in [0, 0.1) is 5.95 Å². The first-order valence-corrected chi connectivity index (χ1v) is 6.90. The second-order valence-electron chi connectivity index (χ2n) is 4.63. The normalized spacial score (nSPS) is 18.7. The van der Waals surface area contributed by atoms with Crippen LogP contribution in [0.1, 0.15) is 23.2 Å². The molecule has 1 unspecified atom stereocenters. The van der Waals surface area contributed by atoms with Crippen molar-refractivity contribution in [3.05, 3.63) is 29.8 Å². The van der Waals surface area contributed by atoms with Gasteiger partial charge in [-0.3, -0.25) is 9.59 Å². The number of halogens is 2. The first-order valence-electron chi connectivity index (χ1n) is 6.37. The quantitative estimate of drug-likeness (QED) is 0.673. The summed E-state index contributed by atoms with van der Waals surface area (Å²) in [4.78, 5) is 28.5. The van der Waals surface area contributed by atoms with E-state index >= 15 is 0 Å². The summed E-state index contributed by atoms with van der Waals surface area (Å²) in [7, 11) is 0. The Labute approximate surface area is 121 Å². The highest BCUT2D eigenvalue weighted by Gasteiger charge is 2.26. The van der Waals surface area contributed by atoms with E-state index in [0.717, 1.165) is 12.8 Å². The lowest BCUT2D eigenvalue weighted by Crippen LogP contribution is -2.50. The van der Waals surface area contributed by atoms with Gasteiger partial charge >= 0.3 is 0 Å². The van der Waals surface area contributed by atoms with Crippen LogP contribution in [0.25, 0.3) is 0 Å². The van der Waals surface area contributed by atoms with Crippen LogP contribution in [0.5, 0.6) is 0 Å². The van der Waals surface area contributed by atoms with E-state index in [2.05, 4.69) is 10.3 Å². The summed E-state index contributed by atoms with van der Waals surface area (Å²) in [5.74, 6) is -1.55. The Hall–Kier alpha value is -1.69. The van der Waals surface area contributed by atoms with Gasteiger partial charge in [0, 0.05) is 25.3 Å². The van der Waals surface area contributed by atoms with Gasteiger partial charge in [-0.2, -0.15) is 4.39 Å². The minimum absolute atomic E-state index is 0.0446. The second kappa shape index (κ2) is 6.65. The molecule has 1 N–H and O–H groups in total. The van der Waals surface area contributed by atoms with E-state index in [9.17, 15) is 14.0 Å². The van der Waals surface area contributed by atoms with Crippen LogP contribution in [-0.2, 0) is 4.79 Å². The predicted octanol–water partition coefficient (Wildman–Crippen LogP) is 1.18. The third-order valence-electron chi connectivity index (χ3n) is 3.18. The lowest BCUT2D eigenvalue weighted by atomic mass is 10.0. The number of piperidine rings is 1. The Balaban J connectivity index is 2.03. The maximum absolute atomic E-state index is 13.5. The minimum atomic E-state index is -0.774. The SMILES string of the molecule is O=C(CCl)NC1CCCN(C(=O)c2cccnc2F)C1. The number of carbonyl (C=O) groups excluding carboxylic acids is 2. The van der Waals surface area contributed by atoms with Gasteiger partial charge in [0.2, 0.25) is 11.9 Å². The second-order valence-corrected chi connectivity index (χ2v) is 4.90. The molecule has 0 aromatic carbocycles.